The van der Waals surface area contributed by atoms with Crippen LogP contribution in [0.1, 0.15) is 11.1 Å². The van der Waals surface area contributed by atoms with E-state index in [1.54, 1.807) is 6.07 Å². The molecule has 10 heavy (non-hydrogen) atoms. The van der Waals surface area contributed by atoms with Gasteiger partial charge in [0.1, 0.15) is 5.82 Å². The first-order valence-corrected chi connectivity index (χ1v) is 4.58. The second kappa shape index (κ2) is 3.32. The van der Waals surface area contributed by atoms with Crippen molar-refractivity contribution in [2.75, 3.05) is 0 Å². The first-order valence-electron chi connectivity index (χ1n) is 3.05. The van der Waals surface area contributed by atoms with E-state index in [2.05, 4.69) is 22.6 Å². The van der Waals surface area contributed by atoms with Crippen LogP contribution in [0.25, 0.3) is 0 Å². The maximum Gasteiger partial charge on any atom is 0.126 e. The molecule has 1 rings (SSSR count). The van der Waals surface area contributed by atoms with Crippen LogP contribution in [0.4, 0.5) is 4.39 Å². The van der Waals surface area contributed by atoms with Gasteiger partial charge in [-0.2, -0.15) is 0 Å². The van der Waals surface area contributed by atoms with Gasteiger partial charge in [-0.1, -0.05) is 34.7 Å². The highest BCUT2D eigenvalue weighted by molar-refractivity contribution is 14.1. The zero-order chi connectivity index (χ0) is 7.56. The van der Waals surface area contributed by atoms with Gasteiger partial charge in [-0.15, -0.1) is 0 Å². The fraction of sp³-hybridized carbons (Fsp3) is 0.250. The van der Waals surface area contributed by atoms with Crippen LogP contribution in [0.2, 0.25) is 0 Å². The number of halogens is 2. The second-order valence-corrected chi connectivity index (χ2v) is 2.92. The van der Waals surface area contributed by atoms with Crippen molar-refractivity contribution in [3.05, 3.63) is 35.1 Å². The molecule has 0 aliphatic rings. The number of hydrogen-bond acceptors (Lipinski definition) is 0. The molecule has 1 aromatic carbocycles. The summed E-state index contributed by atoms with van der Waals surface area (Å²) in [5.74, 6) is -0.103. The monoisotopic (exact) mass is 250 g/mol. The van der Waals surface area contributed by atoms with E-state index in [1.165, 1.54) is 6.07 Å². The summed E-state index contributed by atoms with van der Waals surface area (Å²) >= 11 is 2.23. The van der Waals surface area contributed by atoms with E-state index in [0.717, 1.165) is 15.6 Å². The SMILES string of the molecule is Cc1c(F)cccc1CI. The van der Waals surface area contributed by atoms with Gasteiger partial charge in [-0.3, -0.25) is 0 Å². The van der Waals surface area contributed by atoms with Crippen LogP contribution in [0.3, 0.4) is 0 Å². The highest BCUT2D eigenvalue weighted by Crippen LogP contribution is 2.14. The van der Waals surface area contributed by atoms with E-state index < -0.39 is 0 Å². The predicted molar refractivity (Wildman–Crippen MR) is 48.9 cm³/mol. The Kier molecular flexibility index (Phi) is 2.65. The molecular formula is C8H8FI. The molecule has 0 bridgehead atoms. The molecule has 0 saturated heterocycles. The molecule has 0 fully saturated rings. The molecule has 0 amide bonds. The Balaban J connectivity index is 3.14. The van der Waals surface area contributed by atoms with Gasteiger partial charge >= 0.3 is 0 Å². The quantitative estimate of drug-likeness (QED) is 0.530. The summed E-state index contributed by atoms with van der Waals surface area (Å²) in [5.41, 5.74) is 1.86. The Morgan fingerprint density at radius 3 is 2.70 bits per heavy atom. The lowest BCUT2D eigenvalue weighted by atomic mass is 10.1. The maximum absolute atomic E-state index is 12.8. The van der Waals surface area contributed by atoms with Crippen LogP contribution < -0.4 is 0 Å². The van der Waals surface area contributed by atoms with Crippen molar-refractivity contribution in [3.8, 4) is 0 Å². The van der Waals surface area contributed by atoms with E-state index in [-0.39, 0.29) is 5.82 Å². The Labute approximate surface area is 73.6 Å². The smallest absolute Gasteiger partial charge is 0.126 e. The minimum atomic E-state index is -0.103. The molecule has 2 heteroatoms. The molecule has 0 radical (unpaired) electrons. The fourth-order valence-corrected chi connectivity index (χ4v) is 1.62. The van der Waals surface area contributed by atoms with E-state index in [4.69, 9.17) is 0 Å². The van der Waals surface area contributed by atoms with Crippen molar-refractivity contribution >= 4 is 22.6 Å². The lowest BCUT2D eigenvalue weighted by Crippen LogP contribution is -1.87. The highest BCUT2D eigenvalue weighted by atomic mass is 127. The van der Waals surface area contributed by atoms with E-state index >= 15 is 0 Å². The lowest BCUT2D eigenvalue weighted by molar-refractivity contribution is 0.617. The van der Waals surface area contributed by atoms with Crippen molar-refractivity contribution in [2.45, 2.75) is 11.4 Å². The Morgan fingerprint density at radius 2 is 2.20 bits per heavy atom. The molecule has 0 nitrogen and oxygen atoms in total. The third-order valence-electron chi connectivity index (χ3n) is 1.52. The van der Waals surface area contributed by atoms with Crippen molar-refractivity contribution < 1.29 is 4.39 Å². The zero-order valence-corrected chi connectivity index (χ0v) is 7.85. The van der Waals surface area contributed by atoms with E-state index in [1.807, 2.05) is 13.0 Å². The Morgan fingerprint density at radius 1 is 1.50 bits per heavy atom. The van der Waals surface area contributed by atoms with Crippen LogP contribution in [0.5, 0.6) is 0 Å². The van der Waals surface area contributed by atoms with E-state index in [0.29, 0.717) is 0 Å². The molecule has 0 unspecified atom stereocenters. The first kappa shape index (κ1) is 7.98. The number of benzene rings is 1. The highest BCUT2D eigenvalue weighted by Gasteiger charge is 1.99. The summed E-state index contributed by atoms with van der Waals surface area (Å²) in [4.78, 5) is 0. The summed E-state index contributed by atoms with van der Waals surface area (Å²) in [6.45, 7) is 1.81. The summed E-state index contributed by atoms with van der Waals surface area (Å²) in [7, 11) is 0. The molecule has 0 spiro atoms. The summed E-state index contributed by atoms with van der Waals surface area (Å²) in [6.07, 6.45) is 0. The minimum absolute atomic E-state index is 0.103. The van der Waals surface area contributed by atoms with Gasteiger partial charge in [0.05, 0.1) is 0 Å². The molecule has 0 N–H and O–H groups in total. The molecule has 0 saturated carbocycles. The first-order chi connectivity index (χ1) is 4.75. The molecule has 0 atom stereocenters. The van der Waals surface area contributed by atoms with Crippen LogP contribution in [-0.4, -0.2) is 0 Å². The van der Waals surface area contributed by atoms with Crippen molar-refractivity contribution in [2.24, 2.45) is 0 Å². The number of hydrogen-bond donors (Lipinski definition) is 0. The number of rotatable bonds is 1. The van der Waals surface area contributed by atoms with Crippen LogP contribution in [-0.2, 0) is 4.43 Å². The van der Waals surface area contributed by atoms with Gasteiger partial charge in [0, 0.05) is 4.43 Å². The van der Waals surface area contributed by atoms with Gasteiger partial charge in [0.2, 0.25) is 0 Å². The van der Waals surface area contributed by atoms with Gasteiger partial charge < -0.3 is 0 Å². The zero-order valence-electron chi connectivity index (χ0n) is 5.70. The average molecular weight is 250 g/mol. The average Bonchev–Trinajstić information content (AvgIpc) is 1.95. The van der Waals surface area contributed by atoms with Crippen LogP contribution in [0, 0.1) is 12.7 Å². The molecule has 0 aromatic heterocycles. The fourth-order valence-electron chi connectivity index (χ4n) is 0.797. The molecule has 0 heterocycles. The lowest BCUT2D eigenvalue weighted by Gasteiger charge is -2.00. The molecule has 54 valence electrons. The summed E-state index contributed by atoms with van der Waals surface area (Å²) in [5, 5.41) is 0. The topological polar surface area (TPSA) is 0 Å². The Bertz CT molecular complexity index is 233. The summed E-state index contributed by atoms with van der Waals surface area (Å²) < 4.78 is 13.6. The molecule has 0 aliphatic heterocycles. The number of alkyl halides is 1. The van der Waals surface area contributed by atoms with Gasteiger partial charge in [0.15, 0.2) is 0 Å². The molecule has 1 aromatic rings. The largest absolute Gasteiger partial charge is 0.207 e. The second-order valence-electron chi connectivity index (χ2n) is 2.16. The van der Waals surface area contributed by atoms with Gasteiger partial charge in [0.25, 0.3) is 0 Å². The third-order valence-corrected chi connectivity index (χ3v) is 2.35. The standard InChI is InChI=1S/C8H8FI/c1-6-7(5-10)3-2-4-8(6)9/h2-4H,5H2,1H3. The van der Waals surface area contributed by atoms with Crippen LogP contribution >= 0.6 is 22.6 Å². The minimum Gasteiger partial charge on any atom is -0.207 e. The maximum atomic E-state index is 12.8. The van der Waals surface area contributed by atoms with Crippen molar-refractivity contribution in [1.29, 1.82) is 0 Å². The summed E-state index contributed by atoms with van der Waals surface area (Å²) in [6, 6.07) is 5.19. The Hall–Kier alpha value is -0.120. The van der Waals surface area contributed by atoms with Gasteiger partial charge in [-0.25, -0.2) is 4.39 Å². The van der Waals surface area contributed by atoms with Gasteiger partial charge in [-0.05, 0) is 24.1 Å². The third kappa shape index (κ3) is 1.48. The van der Waals surface area contributed by atoms with Crippen molar-refractivity contribution in [1.82, 2.24) is 0 Å². The predicted octanol–water partition coefficient (Wildman–Crippen LogP) is 3.07. The van der Waals surface area contributed by atoms with Crippen LogP contribution in [0.15, 0.2) is 18.2 Å². The molecule has 0 aliphatic carbocycles. The van der Waals surface area contributed by atoms with Crippen molar-refractivity contribution in [3.63, 3.8) is 0 Å². The molecular weight excluding hydrogens is 242 g/mol. The normalized spacial score (nSPS) is 9.90. The van der Waals surface area contributed by atoms with E-state index in [9.17, 15) is 4.39 Å².